The van der Waals surface area contributed by atoms with Gasteiger partial charge >= 0.3 is 5.97 Å². The summed E-state index contributed by atoms with van der Waals surface area (Å²) in [7, 11) is 1.44. The van der Waals surface area contributed by atoms with Crippen LogP contribution < -0.4 is 0 Å². The van der Waals surface area contributed by atoms with E-state index in [1.165, 1.54) is 67.0 Å². The van der Waals surface area contributed by atoms with Crippen molar-refractivity contribution in [3.05, 3.63) is 70.8 Å². The second-order valence-corrected chi connectivity index (χ2v) is 11.5. The van der Waals surface area contributed by atoms with E-state index in [1.807, 2.05) is 12.1 Å². The van der Waals surface area contributed by atoms with Gasteiger partial charge in [-0.15, -0.1) is 0 Å². The average molecular weight is 537 g/mol. The van der Waals surface area contributed by atoms with E-state index >= 15 is 0 Å². The molecule has 0 radical (unpaired) electrons. The van der Waals surface area contributed by atoms with Crippen LogP contribution in [0, 0.1) is 5.92 Å². The Morgan fingerprint density at radius 1 is 1.07 bits per heavy atom. The molecule has 0 amide bonds. The first-order valence-electron chi connectivity index (χ1n) is 14.7. The molecule has 2 aromatic carbocycles. The lowest BCUT2D eigenvalue weighted by Crippen LogP contribution is -2.18. The number of nitrogens with one attached hydrogen (secondary N) is 1. The van der Waals surface area contributed by atoms with Gasteiger partial charge in [-0.1, -0.05) is 49.6 Å². The molecule has 1 saturated carbocycles. The molecule has 4 aromatic rings. The van der Waals surface area contributed by atoms with Crippen molar-refractivity contribution < 1.29 is 14.3 Å². The van der Waals surface area contributed by atoms with Crippen LogP contribution in [0.15, 0.2) is 42.5 Å². The van der Waals surface area contributed by atoms with Crippen LogP contribution >= 0.6 is 0 Å². The van der Waals surface area contributed by atoms with E-state index in [4.69, 9.17) is 19.6 Å². The fraction of sp³-hybridized carbons (Fsp3) is 0.424. The molecule has 1 saturated heterocycles. The number of nitrogens with zero attached hydrogens (tertiary/aromatic N) is 3. The van der Waals surface area contributed by atoms with E-state index in [2.05, 4.69) is 46.1 Å². The van der Waals surface area contributed by atoms with Crippen LogP contribution in [-0.2, 0) is 22.4 Å². The summed E-state index contributed by atoms with van der Waals surface area (Å²) in [5.41, 5.74) is 7.81. The highest BCUT2D eigenvalue weighted by Crippen LogP contribution is 2.47. The predicted octanol–water partition coefficient (Wildman–Crippen LogP) is 6.78. The molecular weight excluding hydrogens is 500 g/mol. The summed E-state index contributed by atoms with van der Waals surface area (Å²) in [6.07, 6.45) is 11.5. The fourth-order valence-electron chi connectivity index (χ4n) is 7.01. The zero-order valence-corrected chi connectivity index (χ0v) is 23.1. The number of methoxy groups -OCH3 is 1. The van der Waals surface area contributed by atoms with Gasteiger partial charge < -0.3 is 14.0 Å². The number of H-pyrrole nitrogens is 1. The highest BCUT2D eigenvalue weighted by molar-refractivity contribution is 6.01. The monoisotopic (exact) mass is 536 g/mol. The number of carbonyl (C=O) groups excluding carboxylic acids is 1. The van der Waals surface area contributed by atoms with Crippen LogP contribution in [0.5, 0.6) is 0 Å². The van der Waals surface area contributed by atoms with E-state index in [0.29, 0.717) is 23.9 Å². The molecule has 2 aromatic heterocycles. The van der Waals surface area contributed by atoms with E-state index in [1.54, 1.807) is 0 Å². The van der Waals surface area contributed by atoms with Crippen LogP contribution in [0.1, 0.15) is 84.0 Å². The van der Waals surface area contributed by atoms with Gasteiger partial charge in [0.05, 0.1) is 24.9 Å². The molecule has 0 bridgehead atoms. The lowest BCUT2D eigenvalue weighted by atomic mass is 9.81. The molecule has 7 nitrogen and oxygen atoms in total. The van der Waals surface area contributed by atoms with Crippen molar-refractivity contribution in [3.8, 4) is 11.3 Å². The Morgan fingerprint density at radius 2 is 1.90 bits per heavy atom. The van der Waals surface area contributed by atoms with Gasteiger partial charge in [0.2, 0.25) is 0 Å². The standard InChI is InChI=1S/C33H36N4O3/c1-39-33(38)24-11-12-27-28(19-24)37-20-25(32-34-29(35-36-32)17-21-13-15-40-16-14-21)18-23-9-5-6-10-26(23)31(37)30(27)22-7-3-2-4-8-22/h5-6,9-12,18-19,21-22H,2-4,7-8,13-17,20H2,1H3,(H,34,35,36). The minimum absolute atomic E-state index is 0.312. The summed E-state index contributed by atoms with van der Waals surface area (Å²) in [5, 5.41) is 9.17. The Bertz CT molecular complexity index is 1580. The van der Waals surface area contributed by atoms with Gasteiger partial charge in [0, 0.05) is 41.7 Å². The van der Waals surface area contributed by atoms with Crippen LogP contribution in [0.3, 0.4) is 0 Å². The van der Waals surface area contributed by atoms with Crippen molar-refractivity contribution in [2.24, 2.45) is 5.92 Å². The number of benzene rings is 2. The number of hydrogen-bond acceptors (Lipinski definition) is 5. The summed E-state index contributed by atoms with van der Waals surface area (Å²) >= 11 is 0. The fourth-order valence-corrected chi connectivity index (χ4v) is 7.01. The third kappa shape index (κ3) is 4.56. The van der Waals surface area contributed by atoms with Crippen LogP contribution in [0.4, 0.5) is 0 Å². The molecule has 1 aliphatic carbocycles. The number of ether oxygens (including phenoxy) is 2. The van der Waals surface area contributed by atoms with E-state index in [0.717, 1.165) is 55.2 Å². The SMILES string of the molecule is COC(=O)c1ccc2c(C3CCCCC3)c3n(c2c1)CC(c1n[nH]c(CC2CCOCC2)n1)=Cc1ccccc1-3. The molecule has 7 rings (SSSR count). The number of fused-ring (bicyclic) bond motifs is 5. The van der Waals surface area contributed by atoms with Gasteiger partial charge in [-0.25, -0.2) is 9.78 Å². The molecule has 1 N–H and O–H groups in total. The van der Waals surface area contributed by atoms with Crippen molar-refractivity contribution in [1.29, 1.82) is 0 Å². The van der Waals surface area contributed by atoms with Gasteiger partial charge in [-0.3, -0.25) is 5.10 Å². The lowest BCUT2D eigenvalue weighted by Gasteiger charge is -2.24. The number of carbonyl (C=O) groups is 1. The number of hydrogen-bond donors (Lipinski definition) is 1. The smallest absolute Gasteiger partial charge is 0.337 e. The summed E-state index contributed by atoms with van der Waals surface area (Å²) < 4.78 is 13.0. The summed E-state index contributed by atoms with van der Waals surface area (Å²) in [6, 6.07) is 14.7. The Kier molecular flexibility index (Phi) is 6.76. The topological polar surface area (TPSA) is 82.0 Å². The van der Waals surface area contributed by atoms with E-state index < -0.39 is 0 Å². The highest BCUT2D eigenvalue weighted by Gasteiger charge is 2.30. The predicted molar refractivity (Wildman–Crippen MR) is 156 cm³/mol. The van der Waals surface area contributed by atoms with Gasteiger partial charge in [-0.05, 0) is 66.9 Å². The average Bonchev–Trinajstić information content (AvgIpc) is 3.55. The van der Waals surface area contributed by atoms with Gasteiger partial charge in [0.25, 0.3) is 0 Å². The number of allylic oxidation sites excluding steroid dienone is 1. The molecular formula is C33H36N4O3. The molecule has 206 valence electrons. The summed E-state index contributed by atoms with van der Waals surface area (Å²) in [4.78, 5) is 17.6. The van der Waals surface area contributed by atoms with E-state index in [-0.39, 0.29) is 5.97 Å². The number of aromatic nitrogens is 4. The first kappa shape index (κ1) is 25.3. The highest BCUT2D eigenvalue weighted by atomic mass is 16.5. The minimum Gasteiger partial charge on any atom is -0.465 e. The molecule has 0 spiro atoms. The van der Waals surface area contributed by atoms with Crippen LogP contribution in [0.25, 0.3) is 33.8 Å². The van der Waals surface area contributed by atoms with Crippen molar-refractivity contribution in [2.75, 3.05) is 20.3 Å². The Balaban J connectivity index is 1.37. The normalized spacial score (nSPS) is 18.2. The van der Waals surface area contributed by atoms with Crippen LogP contribution in [0.2, 0.25) is 0 Å². The first-order chi connectivity index (χ1) is 19.7. The maximum atomic E-state index is 12.6. The number of rotatable bonds is 5. The molecule has 0 atom stereocenters. The van der Waals surface area contributed by atoms with E-state index in [9.17, 15) is 4.79 Å². The molecule has 0 unspecified atom stereocenters. The zero-order chi connectivity index (χ0) is 27.1. The Morgan fingerprint density at radius 3 is 2.73 bits per heavy atom. The lowest BCUT2D eigenvalue weighted by molar-refractivity contribution is 0.0600. The van der Waals surface area contributed by atoms with Crippen molar-refractivity contribution in [1.82, 2.24) is 19.7 Å². The van der Waals surface area contributed by atoms with Gasteiger partial charge in [-0.2, -0.15) is 5.10 Å². The van der Waals surface area contributed by atoms with Crippen molar-refractivity contribution >= 4 is 28.5 Å². The summed E-state index contributed by atoms with van der Waals surface area (Å²) in [5.74, 6) is 2.45. The second-order valence-electron chi connectivity index (χ2n) is 11.5. The van der Waals surface area contributed by atoms with Gasteiger partial charge in [0.15, 0.2) is 5.82 Å². The minimum atomic E-state index is -0.312. The van der Waals surface area contributed by atoms with Crippen molar-refractivity contribution in [2.45, 2.75) is 63.8 Å². The van der Waals surface area contributed by atoms with Crippen molar-refractivity contribution in [3.63, 3.8) is 0 Å². The molecule has 2 aliphatic heterocycles. The largest absolute Gasteiger partial charge is 0.465 e. The maximum absolute atomic E-state index is 12.6. The molecule has 2 fully saturated rings. The molecule has 4 heterocycles. The quantitative estimate of drug-likeness (QED) is 0.284. The Hall–Kier alpha value is -3.71. The van der Waals surface area contributed by atoms with Crippen LogP contribution in [-0.4, -0.2) is 46.0 Å². The molecule has 3 aliphatic rings. The van der Waals surface area contributed by atoms with Gasteiger partial charge in [0.1, 0.15) is 5.82 Å². The first-order valence-corrected chi connectivity index (χ1v) is 14.7. The second kappa shape index (κ2) is 10.7. The molecule has 7 heteroatoms. The Labute approximate surface area is 234 Å². The summed E-state index contributed by atoms with van der Waals surface area (Å²) in [6.45, 7) is 2.29. The maximum Gasteiger partial charge on any atom is 0.337 e. The molecule has 40 heavy (non-hydrogen) atoms. The zero-order valence-electron chi connectivity index (χ0n) is 23.1. The third-order valence-electron chi connectivity index (χ3n) is 9.05. The number of aromatic amines is 1. The third-order valence-corrected chi connectivity index (χ3v) is 9.05. The number of esters is 1.